The minimum absolute atomic E-state index is 0.0144. The van der Waals surface area contributed by atoms with Gasteiger partial charge in [0.05, 0.1) is 24.0 Å². The van der Waals surface area contributed by atoms with Crippen LogP contribution in [0.3, 0.4) is 0 Å². The minimum Gasteiger partial charge on any atom is -0.492 e. The van der Waals surface area contributed by atoms with E-state index in [-0.39, 0.29) is 35.2 Å². The molecule has 2 aromatic carbocycles. The summed E-state index contributed by atoms with van der Waals surface area (Å²) in [5.41, 5.74) is 0.781. The second kappa shape index (κ2) is 8.37. The Labute approximate surface area is 177 Å². The third-order valence-electron chi connectivity index (χ3n) is 4.76. The Kier molecular flexibility index (Phi) is 6.21. The van der Waals surface area contributed by atoms with Crippen molar-refractivity contribution in [2.24, 2.45) is 5.92 Å². The fourth-order valence-electron chi connectivity index (χ4n) is 3.28. The van der Waals surface area contributed by atoms with Crippen molar-refractivity contribution in [1.29, 1.82) is 0 Å². The third kappa shape index (κ3) is 4.21. The zero-order chi connectivity index (χ0) is 22.1. The van der Waals surface area contributed by atoms with Crippen LogP contribution in [0, 0.1) is 5.92 Å². The van der Waals surface area contributed by atoms with Crippen LogP contribution in [0.1, 0.15) is 19.4 Å². The second-order valence-electron chi connectivity index (χ2n) is 7.09. The molecule has 0 aliphatic carbocycles. The quantitative estimate of drug-likeness (QED) is 0.638. The van der Waals surface area contributed by atoms with Gasteiger partial charge in [0, 0.05) is 13.6 Å². The number of anilines is 1. The van der Waals surface area contributed by atoms with E-state index < -0.39 is 31.9 Å². The Morgan fingerprint density at radius 1 is 1.17 bits per heavy atom. The molecule has 1 heterocycles. The van der Waals surface area contributed by atoms with Crippen molar-refractivity contribution >= 4 is 31.6 Å². The Balaban J connectivity index is 2.06. The number of hydrogen-bond acceptors (Lipinski definition) is 6. The summed E-state index contributed by atoms with van der Waals surface area (Å²) in [5.74, 6) is -1.49. The topological polar surface area (TPSA) is 101 Å². The van der Waals surface area contributed by atoms with Crippen LogP contribution < -0.4 is 9.04 Å². The molecule has 3 rings (SSSR count). The van der Waals surface area contributed by atoms with Gasteiger partial charge in [0.15, 0.2) is 0 Å². The molecule has 1 aliphatic rings. The lowest BCUT2D eigenvalue weighted by Crippen LogP contribution is -2.31. The van der Waals surface area contributed by atoms with Crippen molar-refractivity contribution < 1.29 is 26.4 Å². The summed E-state index contributed by atoms with van der Waals surface area (Å²) in [6, 6.07) is 13.0. The molecule has 1 amide bonds. The lowest BCUT2D eigenvalue weighted by atomic mass is 10.2. The van der Waals surface area contributed by atoms with Crippen LogP contribution in [0.2, 0.25) is 0 Å². The number of carbonyl (C=O) groups is 1. The summed E-state index contributed by atoms with van der Waals surface area (Å²) in [6.07, 6.45) is 0. The molecule has 1 unspecified atom stereocenters. The van der Waals surface area contributed by atoms with Gasteiger partial charge < -0.3 is 4.74 Å². The maximum atomic E-state index is 13.3. The molecule has 1 atom stereocenters. The van der Waals surface area contributed by atoms with Gasteiger partial charge >= 0.3 is 0 Å². The first kappa shape index (κ1) is 22.3. The Morgan fingerprint density at radius 2 is 1.83 bits per heavy atom. The average molecular weight is 453 g/mol. The molecule has 162 valence electrons. The predicted octanol–water partition coefficient (Wildman–Crippen LogP) is 2.22. The normalized spacial score (nSPS) is 18.7. The van der Waals surface area contributed by atoms with Gasteiger partial charge in [-0.15, -0.1) is 0 Å². The Hall–Kier alpha value is -2.43. The first-order chi connectivity index (χ1) is 14.1. The van der Waals surface area contributed by atoms with Gasteiger partial charge in [0.1, 0.15) is 10.6 Å². The largest absolute Gasteiger partial charge is 0.492 e. The molecule has 0 spiro atoms. The number of hydrogen-bond donors (Lipinski definition) is 0. The highest BCUT2D eigenvalue weighted by molar-refractivity contribution is 7.94. The van der Waals surface area contributed by atoms with E-state index in [0.717, 1.165) is 9.87 Å². The highest BCUT2D eigenvalue weighted by atomic mass is 32.2. The van der Waals surface area contributed by atoms with Crippen LogP contribution in [0.15, 0.2) is 53.4 Å². The van der Waals surface area contributed by atoms with Crippen LogP contribution in [-0.4, -0.2) is 46.5 Å². The maximum Gasteiger partial charge on any atom is 0.246 e. The van der Waals surface area contributed by atoms with Gasteiger partial charge in [-0.3, -0.25) is 4.79 Å². The van der Waals surface area contributed by atoms with Crippen molar-refractivity contribution in [2.45, 2.75) is 25.3 Å². The zero-order valence-electron chi connectivity index (χ0n) is 17.0. The van der Waals surface area contributed by atoms with E-state index in [1.807, 2.05) is 30.3 Å². The summed E-state index contributed by atoms with van der Waals surface area (Å²) < 4.78 is 58.8. The van der Waals surface area contributed by atoms with Crippen molar-refractivity contribution in [3.63, 3.8) is 0 Å². The smallest absolute Gasteiger partial charge is 0.246 e. The molecule has 10 heteroatoms. The SMILES string of the molecule is CCOc1ccc(N2C(=O)C(C)CS2(=O)=O)cc1S(=O)(=O)N(C)Cc1ccccc1. The number of sulfonamides is 2. The monoisotopic (exact) mass is 452 g/mol. The third-order valence-corrected chi connectivity index (χ3v) is 8.45. The van der Waals surface area contributed by atoms with E-state index in [1.165, 1.54) is 32.2 Å². The zero-order valence-corrected chi connectivity index (χ0v) is 18.6. The fourth-order valence-corrected chi connectivity index (χ4v) is 6.40. The lowest BCUT2D eigenvalue weighted by molar-refractivity contribution is -0.119. The summed E-state index contributed by atoms with van der Waals surface area (Å²) in [4.78, 5) is 12.2. The molecule has 1 saturated heterocycles. The lowest BCUT2D eigenvalue weighted by Gasteiger charge is -2.22. The average Bonchev–Trinajstić information content (AvgIpc) is 2.90. The van der Waals surface area contributed by atoms with E-state index in [9.17, 15) is 21.6 Å². The molecule has 0 N–H and O–H groups in total. The Morgan fingerprint density at radius 3 is 2.40 bits per heavy atom. The van der Waals surface area contributed by atoms with E-state index in [0.29, 0.717) is 4.31 Å². The van der Waals surface area contributed by atoms with Crippen molar-refractivity contribution in [3.8, 4) is 5.75 Å². The van der Waals surface area contributed by atoms with Gasteiger partial charge in [-0.1, -0.05) is 37.3 Å². The molecule has 1 aliphatic heterocycles. The number of amides is 1. The highest BCUT2D eigenvalue weighted by Crippen LogP contribution is 2.35. The summed E-state index contributed by atoms with van der Waals surface area (Å²) in [5, 5.41) is 0. The first-order valence-electron chi connectivity index (χ1n) is 9.42. The molecular weight excluding hydrogens is 428 g/mol. The van der Waals surface area contributed by atoms with Crippen molar-refractivity contribution in [3.05, 3.63) is 54.1 Å². The molecular formula is C20H24N2O6S2. The maximum absolute atomic E-state index is 13.3. The van der Waals surface area contributed by atoms with Gasteiger partial charge in [-0.05, 0) is 30.7 Å². The first-order valence-corrected chi connectivity index (χ1v) is 12.5. The van der Waals surface area contributed by atoms with Gasteiger partial charge in [0.2, 0.25) is 26.0 Å². The number of ether oxygens (including phenoxy) is 1. The standard InChI is InChI=1S/C20H24N2O6S2/c1-4-28-18-11-10-17(22-20(23)15(2)14-29(22,24)25)12-19(18)30(26,27)21(3)13-16-8-6-5-7-9-16/h5-12,15H,4,13-14H2,1-3H3. The molecule has 2 aromatic rings. The van der Waals surface area contributed by atoms with Crippen LogP contribution in [0.5, 0.6) is 5.75 Å². The molecule has 8 nitrogen and oxygen atoms in total. The summed E-state index contributed by atoms with van der Waals surface area (Å²) >= 11 is 0. The minimum atomic E-state index is -4.03. The van der Waals surface area contributed by atoms with Gasteiger partial charge in [-0.25, -0.2) is 21.1 Å². The number of carbonyl (C=O) groups excluding carboxylic acids is 1. The number of nitrogens with zero attached hydrogens (tertiary/aromatic N) is 2. The predicted molar refractivity (Wildman–Crippen MR) is 113 cm³/mol. The van der Waals surface area contributed by atoms with E-state index >= 15 is 0 Å². The van der Waals surface area contributed by atoms with E-state index in [2.05, 4.69) is 0 Å². The molecule has 30 heavy (non-hydrogen) atoms. The number of rotatable bonds is 7. The summed E-state index contributed by atoms with van der Waals surface area (Å²) in [6.45, 7) is 3.59. The van der Waals surface area contributed by atoms with Crippen LogP contribution >= 0.6 is 0 Å². The fraction of sp³-hybridized carbons (Fsp3) is 0.350. The highest BCUT2D eigenvalue weighted by Gasteiger charge is 2.42. The molecule has 0 aromatic heterocycles. The van der Waals surface area contributed by atoms with Crippen molar-refractivity contribution in [1.82, 2.24) is 4.31 Å². The van der Waals surface area contributed by atoms with Crippen LogP contribution in [0.25, 0.3) is 0 Å². The van der Waals surface area contributed by atoms with E-state index in [4.69, 9.17) is 4.74 Å². The molecule has 0 radical (unpaired) electrons. The van der Waals surface area contributed by atoms with Crippen LogP contribution in [-0.2, 0) is 31.4 Å². The summed E-state index contributed by atoms with van der Waals surface area (Å²) in [7, 11) is -6.46. The van der Waals surface area contributed by atoms with Gasteiger partial charge in [0.25, 0.3) is 0 Å². The van der Waals surface area contributed by atoms with Gasteiger partial charge in [-0.2, -0.15) is 4.31 Å². The molecule has 0 bridgehead atoms. The van der Waals surface area contributed by atoms with Crippen molar-refractivity contribution in [2.75, 3.05) is 23.7 Å². The molecule has 0 saturated carbocycles. The Bertz CT molecular complexity index is 1150. The van der Waals surface area contributed by atoms with E-state index in [1.54, 1.807) is 6.92 Å². The second-order valence-corrected chi connectivity index (χ2v) is 11.0. The molecule has 1 fully saturated rings. The van der Waals surface area contributed by atoms with Crippen LogP contribution in [0.4, 0.5) is 5.69 Å². The number of benzene rings is 2.